The highest BCUT2D eigenvalue weighted by molar-refractivity contribution is 14.1. The van der Waals surface area contributed by atoms with Crippen molar-refractivity contribution < 1.29 is 0 Å². The van der Waals surface area contributed by atoms with Gasteiger partial charge < -0.3 is 0 Å². The molecule has 0 saturated heterocycles. The summed E-state index contributed by atoms with van der Waals surface area (Å²) < 4.78 is 3.77. The minimum absolute atomic E-state index is 0.655. The van der Waals surface area contributed by atoms with Crippen LogP contribution >= 0.6 is 22.6 Å². The van der Waals surface area contributed by atoms with Crippen molar-refractivity contribution in [3.05, 3.63) is 15.0 Å². The number of aryl methyl sites for hydroxylation is 1. The van der Waals surface area contributed by atoms with E-state index in [1.807, 2.05) is 0 Å². The van der Waals surface area contributed by atoms with E-state index in [0.29, 0.717) is 6.04 Å². The molecule has 17 heavy (non-hydrogen) atoms. The molecule has 0 radical (unpaired) electrons. The van der Waals surface area contributed by atoms with E-state index in [4.69, 9.17) is 5.10 Å². The molecule has 2 atom stereocenters. The van der Waals surface area contributed by atoms with Gasteiger partial charge in [-0.05, 0) is 54.2 Å². The molecule has 1 saturated carbocycles. The Morgan fingerprint density at radius 1 is 1.29 bits per heavy atom. The Balaban J connectivity index is 2.30. The molecule has 2 rings (SSSR count). The summed E-state index contributed by atoms with van der Waals surface area (Å²) in [6, 6.07) is 0.655. The van der Waals surface area contributed by atoms with E-state index in [2.05, 4.69) is 48.0 Å². The highest BCUT2D eigenvalue weighted by atomic mass is 127. The van der Waals surface area contributed by atoms with E-state index < -0.39 is 0 Å². The second kappa shape index (κ2) is 5.72. The predicted molar refractivity (Wildman–Crippen MR) is 80.4 cm³/mol. The zero-order valence-corrected chi connectivity index (χ0v) is 13.3. The average Bonchev–Trinajstić information content (AvgIpc) is 2.65. The lowest BCUT2D eigenvalue weighted by molar-refractivity contribution is 0.261. The van der Waals surface area contributed by atoms with Crippen molar-refractivity contribution in [2.24, 2.45) is 5.92 Å². The maximum Gasteiger partial charge on any atom is 0.0758 e. The van der Waals surface area contributed by atoms with Crippen molar-refractivity contribution >= 4 is 22.6 Å². The Morgan fingerprint density at radius 3 is 2.65 bits per heavy atom. The van der Waals surface area contributed by atoms with Crippen LogP contribution in [0.5, 0.6) is 0 Å². The van der Waals surface area contributed by atoms with Crippen molar-refractivity contribution in [3.63, 3.8) is 0 Å². The molecular formula is C14H23IN2. The molecule has 1 aromatic heterocycles. The van der Waals surface area contributed by atoms with Gasteiger partial charge in [0.2, 0.25) is 0 Å². The zero-order chi connectivity index (χ0) is 12.4. The second-order valence-electron chi connectivity index (χ2n) is 5.28. The number of halogens is 1. The van der Waals surface area contributed by atoms with E-state index in [1.54, 1.807) is 0 Å². The Kier molecular flexibility index (Phi) is 4.50. The molecule has 2 unspecified atom stereocenters. The van der Waals surface area contributed by atoms with E-state index >= 15 is 0 Å². The Morgan fingerprint density at radius 2 is 2.06 bits per heavy atom. The number of hydrogen-bond acceptors (Lipinski definition) is 1. The predicted octanol–water partition coefficient (Wildman–Crippen LogP) is 4.36. The summed E-state index contributed by atoms with van der Waals surface area (Å²) >= 11 is 2.48. The van der Waals surface area contributed by atoms with Crippen LogP contribution in [0.15, 0.2) is 0 Å². The normalized spacial score (nSPS) is 25.2. The largest absolute Gasteiger partial charge is 0.265 e. The summed E-state index contributed by atoms with van der Waals surface area (Å²) in [5.74, 6) is 0.866. The third kappa shape index (κ3) is 2.69. The standard InChI is InChI=1S/C14H23IN2/c1-4-12-14(15)13(5-2)17(16-12)11-8-6-7-10(3)9-11/h10-11H,4-9H2,1-3H3. The van der Waals surface area contributed by atoms with Gasteiger partial charge in [0.15, 0.2) is 0 Å². The summed E-state index contributed by atoms with van der Waals surface area (Å²) in [6.07, 6.45) is 7.56. The minimum Gasteiger partial charge on any atom is -0.265 e. The first kappa shape index (κ1) is 13.4. The van der Waals surface area contributed by atoms with Crippen molar-refractivity contribution in [1.82, 2.24) is 9.78 Å². The first-order valence-electron chi connectivity index (χ1n) is 6.93. The summed E-state index contributed by atoms with van der Waals surface area (Å²) in [6.45, 7) is 6.84. The molecule has 1 aliphatic carbocycles. The van der Waals surface area contributed by atoms with Gasteiger partial charge >= 0.3 is 0 Å². The molecule has 0 N–H and O–H groups in total. The molecule has 0 amide bonds. The number of hydrogen-bond donors (Lipinski definition) is 0. The van der Waals surface area contributed by atoms with E-state index in [1.165, 1.54) is 40.6 Å². The fraction of sp³-hybridized carbons (Fsp3) is 0.786. The molecule has 0 aromatic carbocycles. The highest BCUT2D eigenvalue weighted by Crippen LogP contribution is 2.34. The van der Waals surface area contributed by atoms with Gasteiger partial charge in [0.05, 0.1) is 21.0 Å². The SMILES string of the molecule is CCc1nn(C2CCCC(C)C2)c(CC)c1I. The summed E-state index contributed by atoms with van der Waals surface area (Å²) in [7, 11) is 0. The lowest BCUT2D eigenvalue weighted by Gasteiger charge is -2.28. The van der Waals surface area contributed by atoms with Crippen LogP contribution in [0.2, 0.25) is 0 Å². The lowest BCUT2D eigenvalue weighted by Crippen LogP contribution is -2.20. The molecule has 0 spiro atoms. The van der Waals surface area contributed by atoms with Gasteiger partial charge in [-0.25, -0.2) is 0 Å². The van der Waals surface area contributed by atoms with Crippen molar-refractivity contribution in [3.8, 4) is 0 Å². The quantitative estimate of drug-likeness (QED) is 0.744. The second-order valence-corrected chi connectivity index (χ2v) is 6.36. The Bertz CT molecular complexity index is 384. The summed E-state index contributed by atoms with van der Waals surface area (Å²) in [5, 5.41) is 4.87. The van der Waals surface area contributed by atoms with Crippen LogP contribution in [0.1, 0.15) is 63.9 Å². The first-order chi connectivity index (χ1) is 8.17. The van der Waals surface area contributed by atoms with Crippen LogP contribution in [-0.4, -0.2) is 9.78 Å². The van der Waals surface area contributed by atoms with E-state index in [-0.39, 0.29) is 0 Å². The Hall–Kier alpha value is -0.0600. The molecule has 1 heterocycles. The van der Waals surface area contributed by atoms with E-state index in [9.17, 15) is 0 Å². The number of aromatic nitrogens is 2. The molecule has 1 aromatic rings. The topological polar surface area (TPSA) is 17.8 Å². The van der Waals surface area contributed by atoms with Crippen molar-refractivity contribution in [2.75, 3.05) is 0 Å². The fourth-order valence-electron chi connectivity index (χ4n) is 2.97. The first-order valence-corrected chi connectivity index (χ1v) is 8.00. The van der Waals surface area contributed by atoms with Crippen LogP contribution < -0.4 is 0 Å². The average molecular weight is 346 g/mol. The number of rotatable bonds is 3. The van der Waals surface area contributed by atoms with Gasteiger partial charge in [-0.3, -0.25) is 4.68 Å². The third-order valence-electron chi connectivity index (χ3n) is 3.94. The third-order valence-corrected chi connectivity index (χ3v) is 5.18. The summed E-state index contributed by atoms with van der Waals surface area (Å²) in [4.78, 5) is 0. The molecule has 0 aliphatic heterocycles. The van der Waals surface area contributed by atoms with Crippen molar-refractivity contribution in [2.45, 2.75) is 65.3 Å². The van der Waals surface area contributed by atoms with Gasteiger partial charge in [-0.2, -0.15) is 5.10 Å². The minimum atomic E-state index is 0.655. The van der Waals surface area contributed by atoms with E-state index in [0.717, 1.165) is 18.8 Å². The molecule has 1 aliphatic rings. The molecule has 96 valence electrons. The molecule has 3 heteroatoms. The summed E-state index contributed by atoms with van der Waals surface area (Å²) in [5.41, 5.74) is 2.75. The van der Waals surface area contributed by atoms with Crippen LogP contribution in [0, 0.1) is 9.49 Å². The monoisotopic (exact) mass is 346 g/mol. The lowest BCUT2D eigenvalue weighted by atomic mass is 9.87. The van der Waals surface area contributed by atoms with Crippen LogP contribution in [0.3, 0.4) is 0 Å². The highest BCUT2D eigenvalue weighted by Gasteiger charge is 2.24. The van der Waals surface area contributed by atoms with Crippen molar-refractivity contribution in [1.29, 1.82) is 0 Å². The maximum absolute atomic E-state index is 4.87. The zero-order valence-electron chi connectivity index (χ0n) is 11.2. The van der Waals surface area contributed by atoms with Gasteiger partial charge in [-0.1, -0.05) is 33.6 Å². The molecular weight excluding hydrogens is 323 g/mol. The van der Waals surface area contributed by atoms with Crippen LogP contribution in [0.4, 0.5) is 0 Å². The van der Waals surface area contributed by atoms with Gasteiger partial charge in [0.1, 0.15) is 0 Å². The molecule has 2 nitrogen and oxygen atoms in total. The fourth-order valence-corrected chi connectivity index (χ4v) is 4.09. The van der Waals surface area contributed by atoms with Crippen LogP contribution in [-0.2, 0) is 12.8 Å². The Labute approximate surface area is 118 Å². The van der Waals surface area contributed by atoms with Crippen LogP contribution in [0.25, 0.3) is 0 Å². The smallest absolute Gasteiger partial charge is 0.0758 e. The van der Waals surface area contributed by atoms with Gasteiger partial charge in [0.25, 0.3) is 0 Å². The van der Waals surface area contributed by atoms with Gasteiger partial charge in [0, 0.05) is 0 Å². The molecule has 0 bridgehead atoms. The molecule has 1 fully saturated rings. The van der Waals surface area contributed by atoms with Gasteiger partial charge in [-0.15, -0.1) is 0 Å². The maximum atomic E-state index is 4.87. The number of nitrogens with zero attached hydrogens (tertiary/aromatic N) is 2.